The van der Waals surface area contributed by atoms with Gasteiger partial charge in [-0.3, -0.25) is 9.80 Å². The van der Waals surface area contributed by atoms with Crippen LogP contribution < -0.4 is 11.6 Å². The number of nitrogens with two attached hydrogens (primary N) is 2. The number of hydrazine groups is 1. The van der Waals surface area contributed by atoms with Gasteiger partial charge in [0.2, 0.25) is 0 Å². The summed E-state index contributed by atoms with van der Waals surface area (Å²) in [7, 11) is 0. The SMILES string of the molecule is NCCCCN(N)C(=O)N1CCC[C@]1(C(=O)O)[C@H](CCc1ccccc1)C(=O)O. The van der Waals surface area contributed by atoms with Crippen LogP contribution in [0.15, 0.2) is 30.3 Å². The second-order valence-electron chi connectivity index (χ2n) is 7.37. The smallest absolute Gasteiger partial charge is 0.335 e. The van der Waals surface area contributed by atoms with Gasteiger partial charge < -0.3 is 20.8 Å². The lowest BCUT2D eigenvalue weighted by molar-refractivity contribution is -0.162. The van der Waals surface area contributed by atoms with E-state index in [0.29, 0.717) is 32.2 Å². The molecule has 0 unspecified atom stereocenters. The molecule has 2 amide bonds. The molecule has 0 bridgehead atoms. The minimum atomic E-state index is -1.82. The Morgan fingerprint density at radius 3 is 2.45 bits per heavy atom. The number of carboxylic acids is 2. The van der Waals surface area contributed by atoms with Crippen LogP contribution in [0.1, 0.15) is 37.7 Å². The number of carboxylic acid groups (broad SMARTS) is 2. The summed E-state index contributed by atoms with van der Waals surface area (Å²) in [6.45, 7) is 0.847. The largest absolute Gasteiger partial charge is 0.481 e. The number of rotatable bonds is 10. The van der Waals surface area contributed by atoms with Crippen molar-refractivity contribution >= 4 is 18.0 Å². The molecule has 0 aliphatic carbocycles. The lowest BCUT2D eigenvalue weighted by Crippen LogP contribution is -2.63. The summed E-state index contributed by atoms with van der Waals surface area (Å²) in [4.78, 5) is 38.5. The highest BCUT2D eigenvalue weighted by Gasteiger charge is 2.58. The molecule has 1 saturated heterocycles. The van der Waals surface area contributed by atoms with Crippen LogP contribution in [0.25, 0.3) is 0 Å². The fourth-order valence-corrected chi connectivity index (χ4v) is 4.04. The number of aryl methyl sites for hydroxylation is 1. The minimum absolute atomic E-state index is 0.0798. The van der Waals surface area contributed by atoms with Crippen molar-refractivity contribution in [2.75, 3.05) is 19.6 Å². The Morgan fingerprint density at radius 2 is 1.86 bits per heavy atom. The zero-order valence-electron chi connectivity index (χ0n) is 16.5. The molecule has 2 atom stereocenters. The zero-order valence-corrected chi connectivity index (χ0v) is 16.5. The van der Waals surface area contributed by atoms with E-state index >= 15 is 0 Å². The topological polar surface area (TPSA) is 150 Å². The van der Waals surface area contributed by atoms with Gasteiger partial charge in [0.25, 0.3) is 0 Å². The maximum absolute atomic E-state index is 12.9. The van der Waals surface area contributed by atoms with E-state index in [1.165, 1.54) is 0 Å². The molecule has 1 aliphatic heterocycles. The van der Waals surface area contributed by atoms with Gasteiger partial charge in [0.1, 0.15) is 0 Å². The van der Waals surface area contributed by atoms with Crippen molar-refractivity contribution in [1.29, 1.82) is 0 Å². The fraction of sp³-hybridized carbons (Fsp3) is 0.550. The minimum Gasteiger partial charge on any atom is -0.481 e. The molecular formula is C20H30N4O5. The van der Waals surface area contributed by atoms with Crippen LogP contribution in [0.4, 0.5) is 4.79 Å². The summed E-state index contributed by atoms with van der Waals surface area (Å²) in [5.74, 6) is 2.08. The maximum Gasteiger partial charge on any atom is 0.335 e. The third kappa shape index (κ3) is 5.04. The molecule has 1 aromatic rings. The van der Waals surface area contributed by atoms with E-state index in [9.17, 15) is 24.6 Å². The highest BCUT2D eigenvalue weighted by Crippen LogP contribution is 2.39. The van der Waals surface area contributed by atoms with Gasteiger partial charge in [-0.25, -0.2) is 15.4 Å². The fourth-order valence-electron chi connectivity index (χ4n) is 4.04. The van der Waals surface area contributed by atoms with Crippen LogP contribution in [-0.4, -0.2) is 63.3 Å². The van der Waals surface area contributed by atoms with E-state index in [1.807, 2.05) is 30.3 Å². The van der Waals surface area contributed by atoms with E-state index in [-0.39, 0.29) is 25.9 Å². The average molecular weight is 406 g/mol. The third-order valence-corrected chi connectivity index (χ3v) is 5.56. The van der Waals surface area contributed by atoms with Crippen LogP contribution in [-0.2, 0) is 16.0 Å². The van der Waals surface area contributed by atoms with Gasteiger partial charge >= 0.3 is 18.0 Å². The van der Waals surface area contributed by atoms with Crippen LogP contribution in [0.2, 0.25) is 0 Å². The predicted molar refractivity (Wildman–Crippen MR) is 107 cm³/mol. The third-order valence-electron chi connectivity index (χ3n) is 5.56. The number of nitrogens with zero attached hydrogens (tertiary/aromatic N) is 2. The normalized spacial score (nSPS) is 19.7. The van der Waals surface area contributed by atoms with Gasteiger partial charge in [0.15, 0.2) is 5.54 Å². The first-order valence-corrected chi connectivity index (χ1v) is 9.88. The Kier molecular flexibility index (Phi) is 7.98. The monoisotopic (exact) mass is 406 g/mol. The number of aliphatic carboxylic acids is 2. The molecule has 1 aromatic carbocycles. The van der Waals surface area contributed by atoms with E-state index in [1.54, 1.807) is 0 Å². The van der Waals surface area contributed by atoms with Crippen molar-refractivity contribution < 1.29 is 24.6 Å². The number of unbranched alkanes of at least 4 members (excludes halogenated alkanes) is 1. The maximum atomic E-state index is 12.9. The molecule has 29 heavy (non-hydrogen) atoms. The summed E-state index contributed by atoms with van der Waals surface area (Å²) in [5, 5.41) is 20.9. The van der Waals surface area contributed by atoms with E-state index in [0.717, 1.165) is 15.5 Å². The van der Waals surface area contributed by atoms with Crippen LogP contribution in [0.3, 0.4) is 0 Å². The Hall–Kier alpha value is -2.65. The van der Waals surface area contributed by atoms with Crippen molar-refractivity contribution in [2.45, 2.75) is 44.1 Å². The highest BCUT2D eigenvalue weighted by molar-refractivity contribution is 5.92. The Bertz CT molecular complexity index is 714. The first kappa shape index (κ1) is 22.6. The van der Waals surface area contributed by atoms with Gasteiger partial charge in [0.05, 0.1) is 5.92 Å². The Labute approximate surface area is 170 Å². The quantitative estimate of drug-likeness (QED) is 0.198. The number of likely N-dealkylation sites (tertiary alicyclic amines) is 1. The lowest BCUT2D eigenvalue weighted by Gasteiger charge is -2.40. The second kappa shape index (κ2) is 10.2. The molecule has 0 spiro atoms. The Morgan fingerprint density at radius 1 is 1.17 bits per heavy atom. The molecule has 6 N–H and O–H groups in total. The highest BCUT2D eigenvalue weighted by atomic mass is 16.4. The number of carbonyl (C=O) groups excluding carboxylic acids is 1. The van der Waals surface area contributed by atoms with E-state index in [2.05, 4.69) is 0 Å². The number of hydrogen-bond donors (Lipinski definition) is 4. The molecule has 1 heterocycles. The van der Waals surface area contributed by atoms with Crippen molar-refractivity contribution in [3.63, 3.8) is 0 Å². The first-order chi connectivity index (χ1) is 13.8. The first-order valence-electron chi connectivity index (χ1n) is 9.88. The van der Waals surface area contributed by atoms with Crippen LogP contribution in [0.5, 0.6) is 0 Å². The Balaban J connectivity index is 2.26. The van der Waals surface area contributed by atoms with E-state index in [4.69, 9.17) is 11.6 Å². The molecular weight excluding hydrogens is 376 g/mol. The van der Waals surface area contributed by atoms with Gasteiger partial charge in [-0.1, -0.05) is 30.3 Å². The number of urea groups is 1. The molecule has 9 nitrogen and oxygen atoms in total. The number of hydrogen-bond acceptors (Lipinski definition) is 5. The van der Waals surface area contributed by atoms with Crippen molar-refractivity contribution in [3.8, 4) is 0 Å². The predicted octanol–water partition coefficient (Wildman–Crippen LogP) is 1.27. The standard InChI is InChI=1S/C20H30N4O5/c21-12-4-5-14-24(22)19(29)23-13-6-11-20(23,18(27)28)16(17(25)26)10-9-15-7-2-1-3-8-15/h1-3,7-8,16H,4-6,9-14,21-22H2,(H,25,26)(H,27,28)/t16-,20-/m1/s1. The summed E-state index contributed by atoms with van der Waals surface area (Å²) in [6, 6.07) is 8.61. The molecule has 0 aromatic heterocycles. The van der Waals surface area contributed by atoms with Crippen molar-refractivity contribution in [3.05, 3.63) is 35.9 Å². The molecule has 9 heteroatoms. The summed E-state index contributed by atoms with van der Waals surface area (Å²) in [6.07, 6.45) is 2.26. The van der Waals surface area contributed by atoms with Crippen molar-refractivity contribution in [2.24, 2.45) is 17.5 Å². The molecule has 160 valence electrons. The molecule has 0 saturated carbocycles. The lowest BCUT2D eigenvalue weighted by atomic mass is 9.78. The number of carbonyl (C=O) groups is 3. The molecule has 1 fully saturated rings. The number of benzene rings is 1. The summed E-state index contributed by atoms with van der Waals surface area (Å²) in [5.41, 5.74) is 4.55. The van der Waals surface area contributed by atoms with E-state index < -0.39 is 29.4 Å². The van der Waals surface area contributed by atoms with Gasteiger partial charge in [-0.15, -0.1) is 0 Å². The average Bonchev–Trinajstić information content (AvgIpc) is 3.14. The van der Waals surface area contributed by atoms with Crippen LogP contribution in [0, 0.1) is 5.92 Å². The molecule has 1 aliphatic rings. The molecule has 0 radical (unpaired) electrons. The van der Waals surface area contributed by atoms with Gasteiger partial charge in [0, 0.05) is 13.1 Å². The van der Waals surface area contributed by atoms with Crippen molar-refractivity contribution in [1.82, 2.24) is 9.91 Å². The summed E-state index contributed by atoms with van der Waals surface area (Å²) >= 11 is 0. The number of amides is 2. The molecule has 2 rings (SSSR count). The second-order valence-corrected chi connectivity index (χ2v) is 7.37. The van der Waals surface area contributed by atoms with Gasteiger partial charge in [-0.2, -0.15) is 0 Å². The van der Waals surface area contributed by atoms with Crippen LogP contribution >= 0.6 is 0 Å². The summed E-state index contributed by atoms with van der Waals surface area (Å²) < 4.78 is 0. The van der Waals surface area contributed by atoms with Gasteiger partial charge in [-0.05, 0) is 50.6 Å². The zero-order chi connectivity index (χ0) is 21.4.